The third-order valence-electron chi connectivity index (χ3n) is 6.19. The lowest BCUT2D eigenvalue weighted by molar-refractivity contribution is -0.140. The van der Waals surface area contributed by atoms with Crippen molar-refractivity contribution in [3.05, 3.63) is 96.6 Å². The normalized spacial score (nSPS) is 11.5. The van der Waals surface area contributed by atoms with E-state index in [1.807, 2.05) is 74.5 Å². The monoisotopic (exact) mass is 496 g/mol. The van der Waals surface area contributed by atoms with Gasteiger partial charge in [0, 0.05) is 24.2 Å². The van der Waals surface area contributed by atoms with Gasteiger partial charge in [-0.05, 0) is 72.5 Å². The number of carbonyl (C=O) groups excluding carboxylic acids is 2. The highest BCUT2D eigenvalue weighted by Gasteiger charge is 2.24. The number of aryl methyl sites for hydroxylation is 1. The van der Waals surface area contributed by atoms with Gasteiger partial charge in [-0.15, -0.1) is 0 Å². The number of anilines is 1. The first kappa shape index (κ1) is 25.8. The highest BCUT2D eigenvalue weighted by molar-refractivity contribution is 5.92. The van der Waals surface area contributed by atoms with Crippen molar-refractivity contribution in [1.82, 2.24) is 5.32 Å². The molecule has 0 radical (unpaired) electrons. The predicted octanol–water partition coefficient (Wildman–Crippen LogP) is 6.57. The summed E-state index contributed by atoms with van der Waals surface area (Å²) in [6, 6.07) is 29.6. The number of esters is 1. The summed E-state index contributed by atoms with van der Waals surface area (Å²) in [4.78, 5) is 26.3. The number of nitrogens with one attached hydrogen (secondary N) is 1. The topological polar surface area (TPSA) is 67.9 Å². The number of fused-ring (bicyclic) bond motifs is 1. The fraction of sp³-hybridized carbons (Fsp3) is 0.226. The SMILES string of the molecule is CCNC(=O)N(c1ccccc1)C(C)Oc1ccc(CCC(=O)OC)cc1-c1ccc2ccccc2c1. The lowest BCUT2D eigenvalue weighted by atomic mass is 9.97. The molecule has 2 amide bonds. The lowest BCUT2D eigenvalue weighted by Crippen LogP contribution is -2.47. The lowest BCUT2D eigenvalue weighted by Gasteiger charge is -2.30. The van der Waals surface area contributed by atoms with Gasteiger partial charge in [0.1, 0.15) is 5.75 Å². The Bertz CT molecular complexity index is 1370. The molecule has 37 heavy (non-hydrogen) atoms. The minimum atomic E-state index is -0.589. The number of nitrogens with zero attached hydrogens (tertiary/aromatic N) is 1. The maximum atomic E-state index is 13.0. The molecule has 0 bridgehead atoms. The molecule has 0 aliphatic heterocycles. The summed E-state index contributed by atoms with van der Waals surface area (Å²) in [5, 5.41) is 5.15. The fourth-order valence-electron chi connectivity index (χ4n) is 4.32. The Hall–Kier alpha value is -4.32. The average molecular weight is 497 g/mol. The van der Waals surface area contributed by atoms with Crippen molar-refractivity contribution in [2.75, 3.05) is 18.6 Å². The van der Waals surface area contributed by atoms with E-state index in [0.29, 0.717) is 25.1 Å². The van der Waals surface area contributed by atoms with E-state index in [4.69, 9.17) is 9.47 Å². The first-order valence-electron chi connectivity index (χ1n) is 12.5. The molecule has 6 heteroatoms. The molecule has 0 spiro atoms. The molecular weight excluding hydrogens is 464 g/mol. The zero-order valence-electron chi connectivity index (χ0n) is 21.4. The third kappa shape index (κ3) is 6.28. The van der Waals surface area contributed by atoms with Gasteiger partial charge in [-0.2, -0.15) is 0 Å². The third-order valence-corrected chi connectivity index (χ3v) is 6.19. The smallest absolute Gasteiger partial charge is 0.324 e. The van der Waals surface area contributed by atoms with Crippen LogP contribution in [0.15, 0.2) is 91.0 Å². The first-order valence-corrected chi connectivity index (χ1v) is 12.5. The van der Waals surface area contributed by atoms with Crippen LogP contribution in [0.5, 0.6) is 5.75 Å². The number of methoxy groups -OCH3 is 1. The summed E-state index contributed by atoms with van der Waals surface area (Å²) < 4.78 is 11.3. The number of para-hydroxylation sites is 1. The van der Waals surface area contributed by atoms with Gasteiger partial charge in [-0.1, -0.05) is 60.7 Å². The second-order valence-electron chi connectivity index (χ2n) is 8.73. The van der Waals surface area contributed by atoms with Gasteiger partial charge >= 0.3 is 12.0 Å². The molecule has 0 saturated heterocycles. The number of urea groups is 1. The largest absolute Gasteiger partial charge is 0.470 e. The molecule has 0 aromatic heterocycles. The van der Waals surface area contributed by atoms with Crippen molar-refractivity contribution in [1.29, 1.82) is 0 Å². The van der Waals surface area contributed by atoms with Crippen molar-refractivity contribution in [2.45, 2.75) is 32.9 Å². The van der Waals surface area contributed by atoms with Crippen molar-refractivity contribution in [2.24, 2.45) is 0 Å². The van der Waals surface area contributed by atoms with Gasteiger partial charge in [-0.25, -0.2) is 4.79 Å². The molecule has 1 atom stereocenters. The zero-order chi connectivity index (χ0) is 26.2. The fourth-order valence-corrected chi connectivity index (χ4v) is 4.32. The van der Waals surface area contributed by atoms with E-state index in [-0.39, 0.29) is 12.0 Å². The van der Waals surface area contributed by atoms with Crippen LogP contribution < -0.4 is 15.0 Å². The second kappa shape index (κ2) is 12.1. The first-order chi connectivity index (χ1) is 18.0. The molecule has 0 fully saturated rings. The maximum absolute atomic E-state index is 13.0. The zero-order valence-corrected chi connectivity index (χ0v) is 21.4. The van der Waals surface area contributed by atoms with E-state index in [0.717, 1.165) is 33.2 Å². The van der Waals surface area contributed by atoms with Crippen LogP contribution in [0.25, 0.3) is 21.9 Å². The molecule has 0 aliphatic rings. The molecule has 1 unspecified atom stereocenters. The van der Waals surface area contributed by atoms with Crippen LogP contribution in [-0.2, 0) is 16.0 Å². The summed E-state index contributed by atoms with van der Waals surface area (Å²) in [7, 11) is 1.40. The minimum Gasteiger partial charge on any atom is -0.470 e. The van der Waals surface area contributed by atoms with E-state index in [9.17, 15) is 9.59 Å². The number of hydrogen-bond donors (Lipinski definition) is 1. The van der Waals surface area contributed by atoms with Crippen LogP contribution in [0.2, 0.25) is 0 Å². The standard InChI is InChI=1S/C31H32N2O4/c1-4-32-31(35)33(27-12-6-5-7-13-27)22(2)37-29-18-14-23(15-19-30(34)36-3)20-28(29)26-17-16-24-10-8-9-11-25(24)21-26/h5-14,16-18,20-22H,4,15,19H2,1-3H3,(H,32,35). The molecule has 4 aromatic carbocycles. The molecule has 190 valence electrons. The molecule has 0 heterocycles. The quantitative estimate of drug-likeness (QED) is 0.210. The summed E-state index contributed by atoms with van der Waals surface area (Å²) in [5.74, 6) is 0.400. The van der Waals surface area contributed by atoms with Gasteiger partial charge in [0.05, 0.1) is 7.11 Å². The Labute approximate surface area is 217 Å². The highest BCUT2D eigenvalue weighted by atomic mass is 16.5. The number of carbonyl (C=O) groups is 2. The maximum Gasteiger partial charge on any atom is 0.324 e. The molecule has 4 aromatic rings. The molecular formula is C31H32N2O4. The van der Waals surface area contributed by atoms with E-state index in [1.165, 1.54) is 7.11 Å². The van der Waals surface area contributed by atoms with Crippen LogP contribution in [0.1, 0.15) is 25.8 Å². The van der Waals surface area contributed by atoms with Crippen molar-refractivity contribution >= 4 is 28.5 Å². The van der Waals surface area contributed by atoms with Crippen LogP contribution >= 0.6 is 0 Å². The summed E-state index contributed by atoms with van der Waals surface area (Å²) in [6.45, 7) is 4.25. The average Bonchev–Trinajstić information content (AvgIpc) is 2.93. The summed E-state index contributed by atoms with van der Waals surface area (Å²) >= 11 is 0. The molecule has 6 nitrogen and oxygen atoms in total. The molecule has 1 N–H and O–H groups in total. The summed E-state index contributed by atoms with van der Waals surface area (Å²) in [6.07, 6.45) is 0.260. The number of amides is 2. The van der Waals surface area contributed by atoms with Gasteiger partial charge in [-0.3, -0.25) is 9.69 Å². The Morgan fingerprint density at radius 1 is 0.892 bits per heavy atom. The van der Waals surface area contributed by atoms with Crippen molar-refractivity contribution in [3.8, 4) is 16.9 Å². The predicted molar refractivity (Wildman–Crippen MR) is 148 cm³/mol. The molecule has 0 saturated carbocycles. The van der Waals surface area contributed by atoms with E-state index in [2.05, 4.69) is 35.6 Å². The minimum absolute atomic E-state index is 0.233. The summed E-state index contributed by atoms with van der Waals surface area (Å²) in [5.41, 5.74) is 3.62. The van der Waals surface area contributed by atoms with E-state index in [1.54, 1.807) is 4.90 Å². The van der Waals surface area contributed by atoms with Crippen LogP contribution in [0, 0.1) is 0 Å². The van der Waals surface area contributed by atoms with E-state index >= 15 is 0 Å². The Morgan fingerprint density at radius 2 is 1.62 bits per heavy atom. The Morgan fingerprint density at radius 3 is 2.35 bits per heavy atom. The van der Waals surface area contributed by atoms with Gasteiger partial charge in [0.15, 0.2) is 6.23 Å². The highest BCUT2D eigenvalue weighted by Crippen LogP contribution is 2.35. The van der Waals surface area contributed by atoms with Crippen molar-refractivity contribution < 1.29 is 19.1 Å². The van der Waals surface area contributed by atoms with Crippen LogP contribution in [-0.4, -0.2) is 31.9 Å². The Kier molecular flexibility index (Phi) is 8.41. The second-order valence-corrected chi connectivity index (χ2v) is 8.73. The van der Waals surface area contributed by atoms with Crippen LogP contribution in [0.3, 0.4) is 0 Å². The van der Waals surface area contributed by atoms with Gasteiger partial charge in [0.25, 0.3) is 0 Å². The molecule has 4 rings (SSSR count). The van der Waals surface area contributed by atoms with Crippen LogP contribution in [0.4, 0.5) is 10.5 Å². The van der Waals surface area contributed by atoms with E-state index < -0.39 is 6.23 Å². The van der Waals surface area contributed by atoms with Crippen molar-refractivity contribution in [3.63, 3.8) is 0 Å². The number of rotatable bonds is 9. The number of ether oxygens (including phenoxy) is 2. The Balaban J connectivity index is 1.72. The number of benzene rings is 4. The van der Waals surface area contributed by atoms with Gasteiger partial charge in [0.2, 0.25) is 0 Å². The van der Waals surface area contributed by atoms with Gasteiger partial charge < -0.3 is 14.8 Å². The number of hydrogen-bond acceptors (Lipinski definition) is 4. The molecule has 0 aliphatic carbocycles.